The summed E-state index contributed by atoms with van der Waals surface area (Å²) < 4.78 is 1.62. The lowest BCUT2D eigenvalue weighted by molar-refractivity contribution is 0.0934. The number of amides is 1. The lowest BCUT2D eigenvalue weighted by atomic mass is 10.1. The van der Waals surface area contributed by atoms with E-state index < -0.39 is 5.66 Å². The van der Waals surface area contributed by atoms with E-state index in [4.69, 9.17) is 0 Å². The van der Waals surface area contributed by atoms with Gasteiger partial charge in [-0.2, -0.15) is 11.8 Å². The van der Waals surface area contributed by atoms with Gasteiger partial charge in [-0.25, -0.2) is 9.97 Å². The van der Waals surface area contributed by atoms with Gasteiger partial charge in [0.1, 0.15) is 29.2 Å². The van der Waals surface area contributed by atoms with Crippen molar-refractivity contribution in [3.63, 3.8) is 0 Å². The number of anilines is 2. The molecular formula is C18H15N5O2S. The molecule has 130 valence electrons. The minimum atomic E-state index is -0.593. The minimum Gasteiger partial charge on any atom is -0.335 e. The molecule has 8 heteroatoms. The molecule has 1 aromatic carbocycles. The highest BCUT2D eigenvalue weighted by molar-refractivity contribution is 8.00. The highest BCUT2D eigenvalue weighted by Gasteiger charge is 2.49. The molecule has 1 saturated heterocycles. The van der Waals surface area contributed by atoms with Crippen molar-refractivity contribution in [2.45, 2.75) is 12.6 Å². The highest BCUT2D eigenvalue weighted by Crippen LogP contribution is 2.38. The quantitative estimate of drug-likeness (QED) is 0.722. The number of aryl methyl sites for hydroxylation is 1. The van der Waals surface area contributed by atoms with Crippen LogP contribution in [0.5, 0.6) is 0 Å². The third kappa shape index (κ3) is 2.02. The molecule has 0 unspecified atom stereocenters. The largest absolute Gasteiger partial charge is 0.335 e. The number of benzene rings is 1. The maximum atomic E-state index is 13.2. The van der Waals surface area contributed by atoms with Gasteiger partial charge in [0.05, 0.1) is 5.52 Å². The molecule has 4 heterocycles. The van der Waals surface area contributed by atoms with Crippen molar-refractivity contribution in [3.8, 4) is 0 Å². The monoisotopic (exact) mass is 365 g/mol. The fourth-order valence-corrected chi connectivity index (χ4v) is 4.57. The van der Waals surface area contributed by atoms with Gasteiger partial charge in [0, 0.05) is 16.9 Å². The Kier molecular flexibility index (Phi) is 3.14. The van der Waals surface area contributed by atoms with Crippen LogP contribution < -0.4 is 16.2 Å². The van der Waals surface area contributed by atoms with E-state index in [1.165, 1.54) is 6.33 Å². The normalized spacial score (nSPS) is 17.0. The van der Waals surface area contributed by atoms with Crippen LogP contribution >= 0.6 is 11.8 Å². The van der Waals surface area contributed by atoms with Crippen molar-refractivity contribution in [1.82, 2.24) is 19.9 Å². The predicted octanol–water partition coefficient (Wildman–Crippen LogP) is 1.99. The summed E-state index contributed by atoms with van der Waals surface area (Å²) in [6, 6.07) is 9.33. The second kappa shape index (κ2) is 5.31. The second-order valence-corrected chi connectivity index (χ2v) is 7.56. The highest BCUT2D eigenvalue weighted by atomic mass is 32.2. The van der Waals surface area contributed by atoms with Gasteiger partial charge in [0.25, 0.3) is 11.5 Å². The first-order chi connectivity index (χ1) is 12.6. The van der Waals surface area contributed by atoms with Gasteiger partial charge in [0.15, 0.2) is 0 Å². The summed E-state index contributed by atoms with van der Waals surface area (Å²) in [6.45, 7) is 1.85. The number of thioether (sulfide) groups is 1. The van der Waals surface area contributed by atoms with E-state index in [1.54, 1.807) is 22.4 Å². The Bertz CT molecular complexity index is 1130. The van der Waals surface area contributed by atoms with Crippen LogP contribution in [0.15, 0.2) is 41.5 Å². The summed E-state index contributed by atoms with van der Waals surface area (Å²) in [7, 11) is 0. The Morgan fingerprint density at radius 2 is 2.04 bits per heavy atom. The van der Waals surface area contributed by atoms with E-state index in [2.05, 4.69) is 20.6 Å². The van der Waals surface area contributed by atoms with Crippen LogP contribution in [-0.4, -0.2) is 31.9 Å². The van der Waals surface area contributed by atoms with Crippen molar-refractivity contribution in [2.24, 2.45) is 0 Å². The Hall–Kier alpha value is -2.87. The van der Waals surface area contributed by atoms with E-state index in [0.29, 0.717) is 28.7 Å². The molecule has 2 aromatic heterocycles. The molecule has 26 heavy (non-hydrogen) atoms. The number of rotatable bonds is 2. The molecule has 1 fully saturated rings. The van der Waals surface area contributed by atoms with E-state index in [0.717, 1.165) is 16.5 Å². The van der Waals surface area contributed by atoms with E-state index >= 15 is 0 Å². The first kappa shape index (κ1) is 15.4. The molecule has 0 bridgehead atoms. The molecule has 0 aliphatic carbocycles. The number of carbonyl (C=O) groups is 1. The van der Waals surface area contributed by atoms with Gasteiger partial charge in [-0.15, -0.1) is 0 Å². The Labute approximate surface area is 152 Å². The summed E-state index contributed by atoms with van der Waals surface area (Å²) in [5.74, 6) is 1.79. The molecule has 2 N–H and O–H groups in total. The van der Waals surface area contributed by atoms with Gasteiger partial charge >= 0.3 is 0 Å². The standard InChI is InChI=1S/C18H15N5O2S/c1-10-6-13(21-15-11-4-2-3-5-12(11)19-9-20-15)17(25)23-14(10)16(24)22-18(23)7-26-8-18/h2-6,9H,7-8H2,1H3,(H,22,24)(H,19,20,21). The number of para-hydroxylation sites is 1. The third-order valence-corrected chi connectivity index (χ3v) is 6.22. The Morgan fingerprint density at radius 3 is 2.81 bits per heavy atom. The van der Waals surface area contributed by atoms with Crippen LogP contribution in [0.25, 0.3) is 10.9 Å². The number of nitrogens with zero attached hydrogens (tertiary/aromatic N) is 3. The summed E-state index contributed by atoms with van der Waals surface area (Å²) in [5.41, 5.74) is 1.61. The number of pyridine rings is 1. The molecule has 3 aromatic rings. The molecule has 2 aliphatic heterocycles. The topological polar surface area (TPSA) is 88.9 Å². The van der Waals surface area contributed by atoms with Gasteiger partial charge in [-0.1, -0.05) is 12.1 Å². The molecule has 0 atom stereocenters. The zero-order valence-electron chi connectivity index (χ0n) is 13.9. The minimum absolute atomic E-state index is 0.182. The van der Waals surface area contributed by atoms with Crippen LogP contribution in [0, 0.1) is 6.92 Å². The molecule has 5 rings (SSSR count). The molecule has 7 nitrogen and oxygen atoms in total. The van der Waals surface area contributed by atoms with Crippen molar-refractivity contribution in [3.05, 3.63) is 58.3 Å². The lowest BCUT2D eigenvalue weighted by Crippen LogP contribution is -2.57. The van der Waals surface area contributed by atoms with E-state index in [9.17, 15) is 9.59 Å². The van der Waals surface area contributed by atoms with Crippen LogP contribution in [0.3, 0.4) is 0 Å². The average Bonchev–Trinajstić information content (AvgIpc) is 2.94. The fourth-order valence-electron chi connectivity index (χ4n) is 3.58. The summed E-state index contributed by atoms with van der Waals surface area (Å²) >= 11 is 1.71. The molecule has 1 amide bonds. The lowest BCUT2D eigenvalue weighted by Gasteiger charge is -2.38. The number of aromatic nitrogens is 3. The maximum absolute atomic E-state index is 13.2. The second-order valence-electron chi connectivity index (χ2n) is 6.57. The van der Waals surface area contributed by atoms with Crippen LogP contribution in [0.1, 0.15) is 16.1 Å². The number of hydrogen-bond acceptors (Lipinski definition) is 6. The number of carbonyl (C=O) groups excluding carboxylic acids is 1. The van der Waals surface area contributed by atoms with Gasteiger partial charge in [-0.05, 0) is 30.7 Å². The van der Waals surface area contributed by atoms with Crippen LogP contribution in [-0.2, 0) is 5.66 Å². The van der Waals surface area contributed by atoms with E-state index in [1.807, 2.05) is 31.2 Å². The van der Waals surface area contributed by atoms with Gasteiger partial charge < -0.3 is 10.6 Å². The first-order valence-electron chi connectivity index (χ1n) is 8.23. The van der Waals surface area contributed by atoms with Gasteiger partial charge in [-0.3, -0.25) is 14.2 Å². The Balaban J connectivity index is 1.68. The summed E-state index contributed by atoms with van der Waals surface area (Å²) in [6.07, 6.45) is 1.47. The predicted molar refractivity (Wildman–Crippen MR) is 101 cm³/mol. The summed E-state index contributed by atoms with van der Waals surface area (Å²) in [5, 5.41) is 6.97. The number of hydrogen-bond donors (Lipinski definition) is 2. The molecule has 1 spiro atoms. The smallest absolute Gasteiger partial charge is 0.276 e. The Morgan fingerprint density at radius 1 is 1.23 bits per heavy atom. The van der Waals surface area contributed by atoms with Crippen LogP contribution in [0.2, 0.25) is 0 Å². The van der Waals surface area contributed by atoms with Crippen molar-refractivity contribution < 1.29 is 4.79 Å². The van der Waals surface area contributed by atoms with Crippen molar-refractivity contribution in [1.29, 1.82) is 0 Å². The molecule has 0 saturated carbocycles. The molecule has 2 aliphatic rings. The van der Waals surface area contributed by atoms with Crippen molar-refractivity contribution >= 4 is 40.1 Å². The third-order valence-electron chi connectivity index (χ3n) is 4.86. The van der Waals surface area contributed by atoms with Crippen LogP contribution in [0.4, 0.5) is 11.5 Å². The zero-order chi connectivity index (χ0) is 17.9. The average molecular weight is 365 g/mol. The maximum Gasteiger partial charge on any atom is 0.276 e. The van der Waals surface area contributed by atoms with Gasteiger partial charge in [0.2, 0.25) is 0 Å². The SMILES string of the molecule is Cc1cc(Nc2ncnc3ccccc23)c(=O)n2c1C(=O)NC21CSC1. The molecule has 0 radical (unpaired) electrons. The fraction of sp³-hybridized carbons (Fsp3) is 0.222. The number of nitrogens with one attached hydrogen (secondary N) is 2. The summed E-state index contributed by atoms with van der Waals surface area (Å²) in [4.78, 5) is 34.1. The van der Waals surface area contributed by atoms with E-state index in [-0.39, 0.29) is 11.5 Å². The number of fused-ring (bicyclic) bond motifs is 3. The molecular weight excluding hydrogens is 350 g/mol. The van der Waals surface area contributed by atoms with Crippen molar-refractivity contribution in [2.75, 3.05) is 16.8 Å². The zero-order valence-corrected chi connectivity index (χ0v) is 14.8. The first-order valence-corrected chi connectivity index (χ1v) is 9.39.